The van der Waals surface area contributed by atoms with Crippen molar-refractivity contribution in [2.24, 2.45) is 0 Å². The smallest absolute Gasteiger partial charge is 0.282 e. The average Bonchev–Trinajstić information content (AvgIpc) is 2.79. The van der Waals surface area contributed by atoms with Gasteiger partial charge in [-0.15, -0.1) is 0 Å². The molecule has 5 heteroatoms. The van der Waals surface area contributed by atoms with E-state index in [4.69, 9.17) is 0 Å². The van der Waals surface area contributed by atoms with Crippen LogP contribution in [0.4, 0.5) is 0 Å². The molecule has 4 rings (SSSR count). The highest BCUT2D eigenvalue weighted by atomic mass is 32.3. The third-order valence-electron chi connectivity index (χ3n) is 5.04. The van der Waals surface area contributed by atoms with Crippen molar-refractivity contribution in [2.45, 2.75) is 25.3 Å². The molecular formula is C25H22O3S2. The van der Waals surface area contributed by atoms with Gasteiger partial charge in [-0.1, -0.05) is 66.7 Å². The van der Waals surface area contributed by atoms with Crippen LogP contribution < -0.4 is 0 Å². The maximum Gasteiger partial charge on any atom is 0.294 e. The Morgan fingerprint density at radius 3 is 1.20 bits per heavy atom. The van der Waals surface area contributed by atoms with Gasteiger partial charge < -0.3 is 0 Å². The van der Waals surface area contributed by atoms with E-state index in [1.807, 2.05) is 18.2 Å². The lowest BCUT2D eigenvalue weighted by Crippen LogP contribution is -2.07. The van der Waals surface area contributed by atoms with Crippen LogP contribution in [-0.4, -0.2) is 13.0 Å². The fraction of sp³-hybridized carbons (Fsp3) is 0.0400. The largest absolute Gasteiger partial charge is 0.294 e. The highest BCUT2D eigenvalue weighted by molar-refractivity contribution is 8.33. The summed E-state index contributed by atoms with van der Waals surface area (Å²) in [4.78, 5) is 3.62. The lowest BCUT2D eigenvalue weighted by Gasteiger charge is -2.42. The van der Waals surface area contributed by atoms with Gasteiger partial charge in [0, 0.05) is 5.75 Å². The zero-order chi connectivity index (χ0) is 21.0. The van der Waals surface area contributed by atoms with Crippen LogP contribution in [0, 0.1) is 0 Å². The van der Waals surface area contributed by atoms with Gasteiger partial charge in [0.15, 0.2) is 0 Å². The van der Waals surface area contributed by atoms with E-state index in [0.717, 1.165) is 11.3 Å². The summed E-state index contributed by atoms with van der Waals surface area (Å²) in [5.74, 6) is 0.719. The monoisotopic (exact) mass is 434 g/mol. The first-order chi connectivity index (χ1) is 14.5. The molecule has 4 aromatic rings. The van der Waals surface area contributed by atoms with E-state index in [2.05, 4.69) is 72.8 Å². The van der Waals surface area contributed by atoms with Gasteiger partial charge in [-0.2, -0.15) is 18.4 Å². The summed E-state index contributed by atoms with van der Waals surface area (Å²) >= 11 is 0. The van der Waals surface area contributed by atoms with Gasteiger partial charge in [0.1, 0.15) is 0 Å². The maximum absolute atomic E-state index is 11.5. The third-order valence-corrected chi connectivity index (χ3v) is 9.91. The molecule has 0 fully saturated rings. The van der Waals surface area contributed by atoms with E-state index in [0.29, 0.717) is 0 Å². The second kappa shape index (κ2) is 8.48. The maximum atomic E-state index is 11.5. The van der Waals surface area contributed by atoms with E-state index in [9.17, 15) is 13.0 Å². The Balaban J connectivity index is 1.93. The molecule has 1 N–H and O–H groups in total. The summed E-state index contributed by atoms with van der Waals surface area (Å²) in [6.45, 7) is 0. The zero-order valence-corrected chi connectivity index (χ0v) is 17.9. The molecule has 0 radical (unpaired) electrons. The van der Waals surface area contributed by atoms with Gasteiger partial charge in [-0.3, -0.25) is 4.55 Å². The Labute approximate surface area is 179 Å². The molecule has 0 aromatic heterocycles. The molecule has 0 aliphatic heterocycles. The first kappa shape index (κ1) is 20.4. The van der Waals surface area contributed by atoms with Crippen LogP contribution in [-0.2, 0) is 15.9 Å². The number of benzene rings is 4. The molecule has 0 aliphatic carbocycles. The van der Waals surface area contributed by atoms with Gasteiger partial charge >= 0.3 is 0 Å². The standard InChI is InChI=1S/C25H22O3S2/c26-30(27,28)25-18-16-21(17-19-25)20-29(22-10-4-1-5-11-22,23-12-6-2-7-13-23)24-14-8-3-9-15-24/h1-19H,20H2,(H,26,27,28). The summed E-state index contributed by atoms with van der Waals surface area (Å²) in [7, 11) is -5.86. The Morgan fingerprint density at radius 1 is 0.500 bits per heavy atom. The van der Waals surface area contributed by atoms with E-state index >= 15 is 0 Å². The van der Waals surface area contributed by atoms with Gasteiger partial charge in [0.25, 0.3) is 10.1 Å². The fourth-order valence-corrected chi connectivity index (χ4v) is 7.98. The van der Waals surface area contributed by atoms with E-state index in [1.165, 1.54) is 26.8 Å². The summed E-state index contributed by atoms with van der Waals surface area (Å²) in [6, 6.07) is 37.9. The van der Waals surface area contributed by atoms with Gasteiger partial charge in [-0.05, 0) is 68.8 Å². The minimum absolute atomic E-state index is 0.0917. The zero-order valence-electron chi connectivity index (χ0n) is 16.3. The number of rotatable bonds is 6. The van der Waals surface area contributed by atoms with Crippen molar-refractivity contribution in [3.05, 3.63) is 121 Å². The SMILES string of the molecule is O=S(=O)(O)c1ccc(CS(c2ccccc2)(c2ccccc2)c2ccccc2)cc1. The topological polar surface area (TPSA) is 54.4 Å². The average molecular weight is 435 g/mol. The van der Waals surface area contributed by atoms with E-state index in [-0.39, 0.29) is 4.90 Å². The molecule has 152 valence electrons. The Hall–Kier alpha value is -2.86. The van der Waals surface area contributed by atoms with Gasteiger partial charge in [0.05, 0.1) is 4.90 Å². The quantitative estimate of drug-likeness (QED) is 0.357. The molecule has 3 nitrogen and oxygen atoms in total. The van der Waals surface area contributed by atoms with E-state index < -0.39 is 20.1 Å². The number of hydrogen-bond donors (Lipinski definition) is 1. The highest BCUT2D eigenvalue weighted by Crippen LogP contribution is 2.70. The van der Waals surface area contributed by atoms with Crippen LogP contribution in [0.3, 0.4) is 0 Å². The predicted molar refractivity (Wildman–Crippen MR) is 122 cm³/mol. The van der Waals surface area contributed by atoms with Crippen molar-refractivity contribution in [1.29, 1.82) is 0 Å². The molecule has 0 bridgehead atoms. The first-order valence-corrected chi connectivity index (χ1v) is 12.8. The minimum Gasteiger partial charge on any atom is -0.282 e. The van der Waals surface area contributed by atoms with Crippen LogP contribution in [0.2, 0.25) is 0 Å². The molecule has 0 unspecified atom stereocenters. The van der Waals surface area contributed by atoms with Crippen LogP contribution >= 0.6 is 10.0 Å². The van der Waals surface area contributed by atoms with E-state index in [1.54, 1.807) is 12.1 Å². The fourth-order valence-electron chi connectivity index (χ4n) is 3.62. The molecule has 30 heavy (non-hydrogen) atoms. The predicted octanol–water partition coefficient (Wildman–Crippen LogP) is 6.42. The van der Waals surface area contributed by atoms with Crippen molar-refractivity contribution < 1.29 is 13.0 Å². The van der Waals surface area contributed by atoms with Crippen LogP contribution in [0.15, 0.2) is 135 Å². The van der Waals surface area contributed by atoms with Crippen molar-refractivity contribution in [2.75, 3.05) is 0 Å². The third kappa shape index (κ3) is 4.05. The molecule has 0 aliphatic rings. The summed E-state index contributed by atoms with van der Waals surface area (Å²) in [6.07, 6.45) is 0. The van der Waals surface area contributed by atoms with Crippen molar-refractivity contribution in [1.82, 2.24) is 0 Å². The molecule has 0 atom stereocenters. The molecule has 0 saturated heterocycles. The van der Waals surface area contributed by atoms with Crippen molar-refractivity contribution in [3.8, 4) is 0 Å². The minimum atomic E-state index is -4.21. The van der Waals surface area contributed by atoms with Gasteiger partial charge in [0.2, 0.25) is 0 Å². The normalized spacial score (nSPS) is 12.4. The lowest BCUT2D eigenvalue weighted by atomic mass is 10.2. The van der Waals surface area contributed by atoms with Crippen molar-refractivity contribution >= 4 is 20.1 Å². The molecular weight excluding hydrogens is 412 g/mol. The van der Waals surface area contributed by atoms with Crippen LogP contribution in [0.25, 0.3) is 0 Å². The van der Waals surface area contributed by atoms with Gasteiger partial charge in [-0.25, -0.2) is 0 Å². The number of hydrogen-bond acceptors (Lipinski definition) is 2. The summed E-state index contributed by atoms with van der Waals surface area (Å²) in [5, 5.41) is 0. The Bertz CT molecular complexity index is 1110. The lowest BCUT2D eigenvalue weighted by molar-refractivity contribution is 0.483. The summed E-state index contributed by atoms with van der Waals surface area (Å²) in [5.41, 5.74) is 1.01. The molecule has 0 spiro atoms. The molecule has 4 aromatic carbocycles. The van der Waals surface area contributed by atoms with Crippen molar-refractivity contribution in [3.63, 3.8) is 0 Å². The highest BCUT2D eigenvalue weighted by Gasteiger charge is 2.31. The molecule has 0 heterocycles. The first-order valence-electron chi connectivity index (χ1n) is 9.53. The molecule has 0 amide bonds. The summed E-state index contributed by atoms with van der Waals surface area (Å²) < 4.78 is 32.2. The van der Waals surface area contributed by atoms with Crippen LogP contribution in [0.1, 0.15) is 5.56 Å². The molecule has 0 saturated carbocycles. The van der Waals surface area contributed by atoms with Crippen LogP contribution in [0.5, 0.6) is 0 Å². The second-order valence-corrected chi connectivity index (χ2v) is 11.5. The Kier molecular flexibility index (Phi) is 5.77. The second-order valence-electron chi connectivity index (χ2n) is 6.94. The Morgan fingerprint density at radius 2 is 0.867 bits per heavy atom.